The zero-order valence-electron chi connectivity index (χ0n) is 11.9. The van der Waals surface area contributed by atoms with Gasteiger partial charge in [-0.1, -0.05) is 37.6 Å². The molecule has 0 unspecified atom stereocenters. The molecular weight excluding hydrogens is 234 g/mol. The van der Waals surface area contributed by atoms with Crippen LogP contribution in [0.3, 0.4) is 0 Å². The second-order valence-electron chi connectivity index (χ2n) is 6.22. The zero-order chi connectivity index (χ0) is 13.3. The van der Waals surface area contributed by atoms with Crippen molar-refractivity contribution in [3.63, 3.8) is 0 Å². The van der Waals surface area contributed by atoms with Crippen LogP contribution in [0.1, 0.15) is 56.1 Å². The molecule has 1 aliphatic carbocycles. The molecule has 0 bridgehead atoms. The van der Waals surface area contributed by atoms with Gasteiger partial charge in [0.25, 0.3) is 0 Å². The van der Waals surface area contributed by atoms with Crippen LogP contribution < -0.4 is 0 Å². The first-order valence-electron chi connectivity index (χ1n) is 7.76. The highest BCUT2D eigenvalue weighted by Gasteiger charge is 2.33. The summed E-state index contributed by atoms with van der Waals surface area (Å²) in [4.78, 5) is 2.41. The van der Waals surface area contributed by atoms with E-state index in [0.717, 1.165) is 44.0 Å². The first-order chi connectivity index (χ1) is 9.21. The van der Waals surface area contributed by atoms with Crippen LogP contribution in [0.4, 0.5) is 0 Å². The molecule has 0 radical (unpaired) electrons. The van der Waals surface area contributed by atoms with Gasteiger partial charge < -0.3 is 10.0 Å². The molecule has 1 aromatic carbocycles. The van der Waals surface area contributed by atoms with Crippen LogP contribution in [0.2, 0.25) is 0 Å². The number of hydrogen-bond donors (Lipinski definition) is 1. The fourth-order valence-electron chi connectivity index (χ4n) is 3.33. The lowest BCUT2D eigenvalue weighted by Crippen LogP contribution is -2.42. The van der Waals surface area contributed by atoms with Gasteiger partial charge in [0.15, 0.2) is 0 Å². The van der Waals surface area contributed by atoms with Crippen molar-refractivity contribution in [3.8, 4) is 0 Å². The molecule has 3 rings (SSSR count). The van der Waals surface area contributed by atoms with E-state index in [9.17, 15) is 5.11 Å². The van der Waals surface area contributed by atoms with Crippen molar-refractivity contribution in [3.05, 3.63) is 35.4 Å². The molecule has 0 aromatic heterocycles. The van der Waals surface area contributed by atoms with Gasteiger partial charge in [0.2, 0.25) is 0 Å². The van der Waals surface area contributed by atoms with Crippen LogP contribution in [0.15, 0.2) is 24.3 Å². The molecule has 104 valence electrons. The predicted molar refractivity (Wildman–Crippen MR) is 78.3 cm³/mol. The molecule has 0 amide bonds. The molecule has 1 N–H and O–H groups in total. The maximum atomic E-state index is 10.8. The maximum Gasteiger partial charge on any atom is 0.0920 e. The molecule has 19 heavy (non-hydrogen) atoms. The molecule has 1 aliphatic heterocycles. The Balaban J connectivity index is 1.70. The van der Waals surface area contributed by atoms with Gasteiger partial charge in [0.1, 0.15) is 0 Å². The number of hydrogen-bond acceptors (Lipinski definition) is 2. The maximum absolute atomic E-state index is 10.8. The molecule has 1 saturated heterocycles. The molecule has 2 heteroatoms. The fourth-order valence-corrected chi connectivity index (χ4v) is 3.33. The quantitative estimate of drug-likeness (QED) is 0.900. The van der Waals surface area contributed by atoms with Gasteiger partial charge in [0, 0.05) is 13.1 Å². The van der Waals surface area contributed by atoms with Gasteiger partial charge in [0.05, 0.1) is 5.60 Å². The van der Waals surface area contributed by atoms with Gasteiger partial charge in [-0.2, -0.15) is 0 Å². The Morgan fingerprint density at radius 1 is 1.16 bits per heavy atom. The lowest BCUT2D eigenvalue weighted by Gasteiger charge is -2.38. The van der Waals surface area contributed by atoms with Crippen molar-refractivity contribution >= 4 is 0 Å². The second kappa shape index (κ2) is 5.26. The average Bonchev–Trinajstić information content (AvgIpc) is 2.38. The highest BCUT2D eigenvalue weighted by atomic mass is 16.3. The Bertz CT molecular complexity index is 413. The van der Waals surface area contributed by atoms with Gasteiger partial charge >= 0.3 is 0 Å². The van der Waals surface area contributed by atoms with Crippen molar-refractivity contribution in [2.45, 2.75) is 50.5 Å². The highest BCUT2D eigenvalue weighted by molar-refractivity contribution is 5.30. The molecule has 1 aromatic rings. The molecule has 1 heterocycles. The molecule has 1 saturated carbocycles. The third-order valence-corrected chi connectivity index (χ3v) is 5.16. The standard InChI is InChI=1S/C17H25NO/c1-2-18-12-10-17(19,11-13-18)16-8-6-15(7-9-16)14-4-3-5-14/h6-9,14,19H,2-5,10-13H2,1H3. The van der Waals surface area contributed by atoms with E-state index in [1.807, 2.05) is 0 Å². The summed E-state index contributed by atoms with van der Waals surface area (Å²) < 4.78 is 0. The Morgan fingerprint density at radius 3 is 2.26 bits per heavy atom. The summed E-state index contributed by atoms with van der Waals surface area (Å²) in [6.45, 7) is 5.31. The third kappa shape index (κ3) is 2.56. The minimum atomic E-state index is -0.593. The monoisotopic (exact) mass is 259 g/mol. The summed E-state index contributed by atoms with van der Waals surface area (Å²) in [5.41, 5.74) is 1.99. The van der Waals surface area contributed by atoms with E-state index in [4.69, 9.17) is 0 Å². The smallest absolute Gasteiger partial charge is 0.0920 e. The minimum Gasteiger partial charge on any atom is -0.385 e. The summed E-state index contributed by atoms with van der Waals surface area (Å²) in [7, 11) is 0. The van der Waals surface area contributed by atoms with Crippen LogP contribution in [-0.2, 0) is 5.60 Å². The van der Waals surface area contributed by atoms with Gasteiger partial charge in [-0.05, 0) is 49.3 Å². The molecule has 0 atom stereocenters. The third-order valence-electron chi connectivity index (χ3n) is 5.16. The summed E-state index contributed by atoms with van der Waals surface area (Å²) in [5, 5.41) is 10.8. The SMILES string of the molecule is CCN1CCC(O)(c2ccc(C3CCC3)cc2)CC1. The highest BCUT2D eigenvalue weighted by Crippen LogP contribution is 2.38. The first kappa shape index (κ1) is 13.1. The number of benzene rings is 1. The number of likely N-dealkylation sites (tertiary alicyclic amines) is 1. The number of piperidine rings is 1. The minimum absolute atomic E-state index is 0.593. The predicted octanol–water partition coefficient (Wildman–Crippen LogP) is 3.26. The largest absolute Gasteiger partial charge is 0.385 e. The zero-order valence-corrected chi connectivity index (χ0v) is 11.9. The van der Waals surface area contributed by atoms with Gasteiger partial charge in [-0.25, -0.2) is 0 Å². The van der Waals surface area contributed by atoms with Crippen LogP contribution in [0.25, 0.3) is 0 Å². The van der Waals surface area contributed by atoms with Crippen molar-refractivity contribution < 1.29 is 5.11 Å². The summed E-state index contributed by atoms with van der Waals surface area (Å²) in [6, 6.07) is 8.80. The number of aliphatic hydroxyl groups is 1. The van der Waals surface area contributed by atoms with Crippen molar-refractivity contribution in [1.29, 1.82) is 0 Å². The van der Waals surface area contributed by atoms with E-state index in [2.05, 4.69) is 36.1 Å². The van der Waals surface area contributed by atoms with E-state index in [-0.39, 0.29) is 0 Å². The van der Waals surface area contributed by atoms with E-state index in [1.54, 1.807) is 0 Å². The average molecular weight is 259 g/mol. The van der Waals surface area contributed by atoms with Crippen molar-refractivity contribution in [2.24, 2.45) is 0 Å². The van der Waals surface area contributed by atoms with E-state index >= 15 is 0 Å². The lowest BCUT2D eigenvalue weighted by molar-refractivity contribution is -0.0247. The van der Waals surface area contributed by atoms with Crippen LogP contribution in [0, 0.1) is 0 Å². The van der Waals surface area contributed by atoms with Gasteiger partial charge in [-0.15, -0.1) is 0 Å². The fraction of sp³-hybridized carbons (Fsp3) is 0.647. The molecule has 2 aliphatic rings. The second-order valence-corrected chi connectivity index (χ2v) is 6.22. The van der Waals surface area contributed by atoms with E-state index < -0.39 is 5.60 Å². The summed E-state index contributed by atoms with van der Waals surface area (Å²) in [6.07, 6.45) is 5.79. The van der Waals surface area contributed by atoms with Crippen LogP contribution in [-0.4, -0.2) is 29.6 Å². The molecule has 2 nitrogen and oxygen atoms in total. The molecular formula is C17H25NO. The molecule has 0 spiro atoms. The van der Waals surface area contributed by atoms with Crippen LogP contribution in [0.5, 0.6) is 0 Å². The lowest BCUT2D eigenvalue weighted by atomic mass is 9.78. The topological polar surface area (TPSA) is 23.5 Å². The van der Waals surface area contributed by atoms with Gasteiger partial charge in [-0.3, -0.25) is 0 Å². The number of rotatable bonds is 3. The Labute approximate surface area is 116 Å². The summed E-state index contributed by atoms with van der Waals surface area (Å²) >= 11 is 0. The van der Waals surface area contributed by atoms with Crippen molar-refractivity contribution in [2.75, 3.05) is 19.6 Å². The van der Waals surface area contributed by atoms with Crippen LogP contribution >= 0.6 is 0 Å². The number of nitrogens with zero attached hydrogens (tertiary/aromatic N) is 1. The Hall–Kier alpha value is -0.860. The summed E-state index contributed by atoms with van der Waals surface area (Å²) in [5.74, 6) is 0.783. The Kier molecular flexibility index (Phi) is 3.64. The van der Waals surface area contributed by atoms with Crippen molar-refractivity contribution in [1.82, 2.24) is 4.90 Å². The first-order valence-corrected chi connectivity index (χ1v) is 7.76. The molecule has 2 fully saturated rings. The van der Waals surface area contributed by atoms with E-state index in [0.29, 0.717) is 0 Å². The Morgan fingerprint density at radius 2 is 1.79 bits per heavy atom. The normalized spacial score (nSPS) is 24.1. The van der Waals surface area contributed by atoms with E-state index in [1.165, 1.54) is 24.8 Å².